The van der Waals surface area contributed by atoms with E-state index >= 15 is 0 Å². The average Bonchev–Trinajstić information content (AvgIpc) is 1.81. The first-order valence-corrected chi connectivity index (χ1v) is 2.54. The highest BCUT2D eigenvalue weighted by Gasteiger charge is 1.79. The Morgan fingerprint density at radius 3 is 2.75 bits per heavy atom. The number of nitrogens with one attached hydrogen (secondary N) is 2. The largest absolute Gasteiger partial charge is 0.311 e. The predicted octanol–water partition coefficient (Wildman–Crippen LogP) is -0.955. The standard InChI is InChI=1S/C4H12N4/c1-6-8-4-2-3-7-5/h7-8H,1-5H2. The SMILES string of the molecule is C=NNCCCNN. The molecule has 48 valence electrons. The molecule has 4 N–H and O–H groups in total. The fourth-order valence-corrected chi connectivity index (χ4v) is 0.349. The third-order valence-electron chi connectivity index (χ3n) is 0.721. The Hall–Kier alpha value is -0.610. The third-order valence-corrected chi connectivity index (χ3v) is 0.721. The van der Waals surface area contributed by atoms with Crippen LogP contribution in [0, 0.1) is 0 Å². The number of hydrazine groups is 1. The van der Waals surface area contributed by atoms with Crippen molar-refractivity contribution in [1.82, 2.24) is 10.9 Å². The maximum Gasteiger partial charge on any atom is 0.0342 e. The molecule has 0 fully saturated rings. The Balaban J connectivity index is 2.62. The van der Waals surface area contributed by atoms with E-state index in [1.807, 2.05) is 0 Å². The minimum absolute atomic E-state index is 0.808. The van der Waals surface area contributed by atoms with Crippen LogP contribution < -0.4 is 16.7 Å². The third kappa shape index (κ3) is 5.39. The van der Waals surface area contributed by atoms with Crippen LogP contribution in [0.3, 0.4) is 0 Å². The fraction of sp³-hybridized carbons (Fsp3) is 0.750. The van der Waals surface area contributed by atoms with E-state index in [9.17, 15) is 0 Å². The molecule has 0 aromatic heterocycles. The molecule has 0 aliphatic carbocycles. The molecule has 0 heterocycles. The molecule has 0 unspecified atom stereocenters. The lowest BCUT2D eigenvalue weighted by Gasteiger charge is -1.96. The van der Waals surface area contributed by atoms with Gasteiger partial charge in [0, 0.05) is 19.8 Å². The van der Waals surface area contributed by atoms with Crippen molar-refractivity contribution in [3.05, 3.63) is 0 Å². The molecule has 0 bridgehead atoms. The molecule has 0 aromatic rings. The molecule has 0 aliphatic rings. The van der Waals surface area contributed by atoms with E-state index in [2.05, 4.69) is 22.7 Å². The van der Waals surface area contributed by atoms with Gasteiger partial charge in [0.25, 0.3) is 0 Å². The topological polar surface area (TPSA) is 62.4 Å². The van der Waals surface area contributed by atoms with Crippen molar-refractivity contribution >= 4 is 6.72 Å². The number of rotatable bonds is 5. The maximum absolute atomic E-state index is 4.99. The molecule has 0 saturated carbocycles. The summed E-state index contributed by atoms with van der Waals surface area (Å²) in [5, 5.41) is 3.44. The van der Waals surface area contributed by atoms with Crippen molar-refractivity contribution < 1.29 is 0 Å². The van der Waals surface area contributed by atoms with E-state index in [1.165, 1.54) is 0 Å². The van der Waals surface area contributed by atoms with Crippen LogP contribution in [0.5, 0.6) is 0 Å². The average molecular weight is 116 g/mol. The molecule has 0 aliphatic heterocycles. The lowest BCUT2D eigenvalue weighted by molar-refractivity contribution is 0.628. The summed E-state index contributed by atoms with van der Waals surface area (Å²) in [6, 6.07) is 0. The van der Waals surface area contributed by atoms with Gasteiger partial charge in [0.15, 0.2) is 0 Å². The lowest BCUT2D eigenvalue weighted by atomic mass is 10.4. The molecule has 0 rings (SSSR count). The summed E-state index contributed by atoms with van der Waals surface area (Å²) in [7, 11) is 0. The first kappa shape index (κ1) is 7.39. The second-order valence-corrected chi connectivity index (χ2v) is 1.37. The fourth-order valence-electron chi connectivity index (χ4n) is 0.349. The molecule has 0 atom stereocenters. The monoisotopic (exact) mass is 116 g/mol. The van der Waals surface area contributed by atoms with Crippen LogP contribution in [-0.2, 0) is 0 Å². The highest BCUT2D eigenvalue weighted by Crippen LogP contribution is 1.68. The molecule has 4 heteroatoms. The van der Waals surface area contributed by atoms with E-state index in [4.69, 9.17) is 5.84 Å². The molecule has 0 spiro atoms. The van der Waals surface area contributed by atoms with Gasteiger partial charge in [-0.15, -0.1) is 0 Å². The van der Waals surface area contributed by atoms with Gasteiger partial charge in [-0.05, 0) is 6.42 Å². The van der Waals surface area contributed by atoms with Crippen molar-refractivity contribution in [2.24, 2.45) is 10.9 Å². The second kappa shape index (κ2) is 6.39. The van der Waals surface area contributed by atoms with Gasteiger partial charge in [0.2, 0.25) is 0 Å². The van der Waals surface area contributed by atoms with E-state index < -0.39 is 0 Å². The highest BCUT2D eigenvalue weighted by molar-refractivity contribution is 5.22. The van der Waals surface area contributed by atoms with Crippen molar-refractivity contribution in [2.45, 2.75) is 6.42 Å². The molecular weight excluding hydrogens is 104 g/mol. The van der Waals surface area contributed by atoms with Crippen molar-refractivity contribution in [3.63, 3.8) is 0 Å². The van der Waals surface area contributed by atoms with Gasteiger partial charge >= 0.3 is 0 Å². The normalized spacial score (nSPS) is 8.62. The Morgan fingerprint density at radius 1 is 1.50 bits per heavy atom. The first-order chi connectivity index (χ1) is 3.91. The summed E-state index contributed by atoms with van der Waals surface area (Å²) in [5.41, 5.74) is 5.23. The van der Waals surface area contributed by atoms with Gasteiger partial charge in [0.05, 0.1) is 0 Å². The number of nitrogens with two attached hydrogens (primary N) is 1. The van der Waals surface area contributed by atoms with Crippen molar-refractivity contribution in [1.29, 1.82) is 0 Å². The molecule has 0 aromatic carbocycles. The zero-order valence-corrected chi connectivity index (χ0v) is 4.85. The summed E-state index contributed by atoms with van der Waals surface area (Å²) in [6.07, 6.45) is 0.968. The van der Waals surface area contributed by atoms with Gasteiger partial charge < -0.3 is 5.43 Å². The van der Waals surface area contributed by atoms with Gasteiger partial charge in [-0.3, -0.25) is 11.3 Å². The van der Waals surface area contributed by atoms with Crippen molar-refractivity contribution in [3.8, 4) is 0 Å². The van der Waals surface area contributed by atoms with Crippen LogP contribution in [-0.4, -0.2) is 19.8 Å². The van der Waals surface area contributed by atoms with E-state index in [0.717, 1.165) is 19.5 Å². The van der Waals surface area contributed by atoms with Crippen LogP contribution in [0.15, 0.2) is 5.10 Å². The zero-order chi connectivity index (χ0) is 6.24. The Bertz CT molecular complexity index is 54.0. The van der Waals surface area contributed by atoms with E-state index in [-0.39, 0.29) is 0 Å². The summed E-state index contributed by atoms with van der Waals surface area (Å²) in [5.74, 6) is 4.99. The zero-order valence-electron chi connectivity index (χ0n) is 4.85. The van der Waals surface area contributed by atoms with Gasteiger partial charge in [-0.1, -0.05) is 0 Å². The van der Waals surface area contributed by atoms with Crippen LogP contribution >= 0.6 is 0 Å². The van der Waals surface area contributed by atoms with Crippen LogP contribution in [0.25, 0.3) is 0 Å². The molecule has 0 amide bonds. The molecule has 0 saturated heterocycles. The molecule has 8 heavy (non-hydrogen) atoms. The Kier molecular flexibility index (Phi) is 5.90. The van der Waals surface area contributed by atoms with Gasteiger partial charge in [0.1, 0.15) is 0 Å². The molecule has 4 nitrogen and oxygen atoms in total. The number of hydrazone groups is 1. The summed E-state index contributed by atoms with van der Waals surface area (Å²) < 4.78 is 0. The number of hydrogen-bond donors (Lipinski definition) is 3. The van der Waals surface area contributed by atoms with E-state index in [0.29, 0.717) is 0 Å². The Labute approximate surface area is 49.1 Å². The van der Waals surface area contributed by atoms with Crippen LogP contribution in [0.1, 0.15) is 6.42 Å². The summed E-state index contributed by atoms with van der Waals surface area (Å²) >= 11 is 0. The first-order valence-electron chi connectivity index (χ1n) is 2.54. The smallest absolute Gasteiger partial charge is 0.0342 e. The quantitative estimate of drug-likeness (QED) is 0.188. The minimum Gasteiger partial charge on any atom is -0.311 e. The lowest BCUT2D eigenvalue weighted by Crippen LogP contribution is -2.25. The highest BCUT2D eigenvalue weighted by atomic mass is 15.3. The summed E-state index contributed by atoms with van der Waals surface area (Å²) in [4.78, 5) is 0. The van der Waals surface area contributed by atoms with E-state index in [1.54, 1.807) is 0 Å². The maximum atomic E-state index is 4.99. The van der Waals surface area contributed by atoms with Gasteiger partial charge in [-0.2, -0.15) is 5.10 Å². The van der Waals surface area contributed by atoms with Crippen LogP contribution in [0.4, 0.5) is 0 Å². The number of nitrogens with zero attached hydrogens (tertiary/aromatic N) is 1. The summed E-state index contributed by atoms with van der Waals surface area (Å²) in [6.45, 7) is 4.88. The van der Waals surface area contributed by atoms with Gasteiger partial charge in [-0.25, -0.2) is 0 Å². The molecular formula is C4H12N4. The number of hydrogen-bond acceptors (Lipinski definition) is 4. The predicted molar refractivity (Wildman–Crippen MR) is 34.4 cm³/mol. The minimum atomic E-state index is 0.808. The Morgan fingerprint density at radius 2 is 2.25 bits per heavy atom. The van der Waals surface area contributed by atoms with Crippen LogP contribution in [0.2, 0.25) is 0 Å². The second-order valence-electron chi connectivity index (χ2n) is 1.37. The van der Waals surface area contributed by atoms with Crippen molar-refractivity contribution in [2.75, 3.05) is 13.1 Å². The molecule has 0 radical (unpaired) electrons.